The van der Waals surface area contributed by atoms with Gasteiger partial charge in [0.05, 0.1) is 6.04 Å². The summed E-state index contributed by atoms with van der Waals surface area (Å²) in [6, 6.07) is 9.40. The van der Waals surface area contributed by atoms with Crippen molar-refractivity contribution >= 4 is 33.5 Å². The minimum absolute atomic E-state index is 0.179. The van der Waals surface area contributed by atoms with Crippen molar-refractivity contribution in [2.75, 3.05) is 11.9 Å². The average Bonchev–Trinajstić information content (AvgIpc) is 3.13. The van der Waals surface area contributed by atoms with Crippen LogP contribution in [0, 0.1) is 6.92 Å². The van der Waals surface area contributed by atoms with E-state index >= 15 is 0 Å². The van der Waals surface area contributed by atoms with E-state index < -0.39 is 0 Å². The van der Waals surface area contributed by atoms with Gasteiger partial charge in [-0.15, -0.1) is 10.2 Å². The van der Waals surface area contributed by atoms with Crippen LogP contribution in [0.3, 0.4) is 0 Å². The van der Waals surface area contributed by atoms with Gasteiger partial charge < -0.3 is 9.32 Å². The fraction of sp³-hybridized carbons (Fsp3) is 0.312. The molecule has 0 fully saturated rings. The number of fused-ring (bicyclic) bond motifs is 1. The molecule has 0 aliphatic carbocycles. The van der Waals surface area contributed by atoms with E-state index in [-0.39, 0.29) is 12.1 Å². The van der Waals surface area contributed by atoms with Gasteiger partial charge in [-0.1, -0.05) is 29.5 Å². The Balaban J connectivity index is 1.79. The molecule has 2 amide bonds. The largest absolute Gasteiger partial charge is 0.459 e. The minimum Gasteiger partial charge on any atom is -0.459 e. The number of aromatic nitrogens is 2. The number of carbonyl (C=O) groups is 1. The van der Waals surface area contributed by atoms with Crippen LogP contribution in [0.5, 0.6) is 0 Å². The van der Waals surface area contributed by atoms with E-state index in [1.165, 1.54) is 11.3 Å². The Hall–Kier alpha value is -2.41. The van der Waals surface area contributed by atoms with E-state index in [4.69, 9.17) is 4.42 Å². The summed E-state index contributed by atoms with van der Waals surface area (Å²) < 4.78 is 5.87. The third-order valence-corrected chi connectivity index (χ3v) is 4.42. The highest BCUT2D eigenvalue weighted by Gasteiger charge is 2.23. The van der Waals surface area contributed by atoms with E-state index in [0.29, 0.717) is 11.7 Å². The highest BCUT2D eigenvalue weighted by Crippen LogP contribution is 2.28. The normalized spacial score (nSPS) is 12.3. The van der Waals surface area contributed by atoms with Gasteiger partial charge in [-0.2, -0.15) is 0 Å². The predicted octanol–water partition coefficient (Wildman–Crippen LogP) is 4.21. The lowest BCUT2D eigenvalue weighted by Gasteiger charge is -2.26. The maximum atomic E-state index is 12.5. The van der Waals surface area contributed by atoms with Crippen LogP contribution in [0.15, 0.2) is 34.7 Å². The van der Waals surface area contributed by atoms with Crippen LogP contribution in [0.2, 0.25) is 0 Å². The third-order valence-electron chi connectivity index (χ3n) is 3.67. The van der Waals surface area contributed by atoms with Crippen LogP contribution in [0.1, 0.15) is 30.7 Å². The van der Waals surface area contributed by atoms with Gasteiger partial charge in [-0.05, 0) is 32.9 Å². The van der Waals surface area contributed by atoms with Crippen molar-refractivity contribution in [1.82, 2.24) is 15.1 Å². The van der Waals surface area contributed by atoms with Gasteiger partial charge in [0.25, 0.3) is 0 Å². The van der Waals surface area contributed by atoms with Crippen molar-refractivity contribution in [3.63, 3.8) is 0 Å². The molecule has 23 heavy (non-hydrogen) atoms. The number of aryl methyl sites for hydroxylation is 1. The number of anilines is 1. The summed E-state index contributed by atoms with van der Waals surface area (Å²) in [5.41, 5.74) is 0.825. The Bertz CT molecular complexity index is 793. The molecule has 2 aromatic heterocycles. The van der Waals surface area contributed by atoms with Gasteiger partial charge in [0.2, 0.25) is 5.13 Å². The minimum atomic E-state index is -0.211. The highest BCUT2D eigenvalue weighted by atomic mass is 32.1. The number of hydrogen-bond donors (Lipinski definition) is 1. The van der Waals surface area contributed by atoms with E-state index in [0.717, 1.165) is 21.7 Å². The molecule has 0 aliphatic heterocycles. The van der Waals surface area contributed by atoms with Crippen LogP contribution >= 0.6 is 11.3 Å². The Kier molecular flexibility index (Phi) is 4.29. The summed E-state index contributed by atoms with van der Waals surface area (Å²) in [6.45, 7) is 6.29. The summed E-state index contributed by atoms with van der Waals surface area (Å²) in [5, 5.41) is 13.0. The summed E-state index contributed by atoms with van der Waals surface area (Å²) >= 11 is 1.35. The fourth-order valence-corrected chi connectivity index (χ4v) is 3.05. The number of hydrogen-bond acceptors (Lipinski definition) is 5. The molecule has 0 unspecified atom stereocenters. The number of nitrogens with one attached hydrogen (secondary N) is 1. The molecule has 0 aliphatic rings. The number of benzene rings is 1. The molecule has 1 N–H and O–H groups in total. The number of carbonyl (C=O) groups excluding carboxylic acids is 1. The van der Waals surface area contributed by atoms with Gasteiger partial charge in [-0.3, -0.25) is 5.32 Å². The molecular formula is C16H18N4O2S. The topological polar surface area (TPSA) is 71.3 Å². The maximum Gasteiger partial charge on any atom is 0.324 e. The molecule has 0 spiro atoms. The second-order valence-corrected chi connectivity index (χ2v) is 6.39. The van der Waals surface area contributed by atoms with E-state index in [9.17, 15) is 4.79 Å². The number of amides is 2. The zero-order chi connectivity index (χ0) is 16.4. The van der Waals surface area contributed by atoms with Gasteiger partial charge in [0.15, 0.2) is 0 Å². The predicted molar refractivity (Wildman–Crippen MR) is 90.7 cm³/mol. The Morgan fingerprint density at radius 3 is 2.83 bits per heavy atom. The maximum absolute atomic E-state index is 12.5. The molecule has 1 atom stereocenters. The highest BCUT2D eigenvalue weighted by molar-refractivity contribution is 7.15. The van der Waals surface area contributed by atoms with Crippen LogP contribution in [0.25, 0.3) is 11.0 Å². The van der Waals surface area contributed by atoms with Gasteiger partial charge in [0, 0.05) is 11.9 Å². The second kappa shape index (κ2) is 6.37. The Morgan fingerprint density at radius 2 is 2.17 bits per heavy atom. The lowest BCUT2D eigenvalue weighted by molar-refractivity contribution is 0.189. The van der Waals surface area contributed by atoms with E-state index in [1.807, 2.05) is 51.1 Å². The van der Waals surface area contributed by atoms with Crippen molar-refractivity contribution in [2.45, 2.75) is 26.8 Å². The van der Waals surface area contributed by atoms with Gasteiger partial charge >= 0.3 is 6.03 Å². The molecule has 1 aromatic carbocycles. The molecule has 2 heterocycles. The zero-order valence-corrected chi connectivity index (χ0v) is 14.1. The molecule has 0 saturated carbocycles. The summed E-state index contributed by atoms with van der Waals surface area (Å²) in [6.07, 6.45) is 0. The number of para-hydroxylation sites is 1. The van der Waals surface area contributed by atoms with Crippen molar-refractivity contribution in [3.8, 4) is 0 Å². The number of urea groups is 1. The van der Waals surface area contributed by atoms with Crippen LogP contribution in [0.4, 0.5) is 9.93 Å². The number of furan rings is 1. The quantitative estimate of drug-likeness (QED) is 0.778. The first-order chi connectivity index (χ1) is 11.1. The van der Waals surface area contributed by atoms with Crippen LogP contribution in [-0.4, -0.2) is 27.7 Å². The Morgan fingerprint density at radius 1 is 1.39 bits per heavy atom. The Labute approximate surface area is 138 Å². The molecule has 3 rings (SSSR count). The van der Waals surface area contributed by atoms with E-state index in [2.05, 4.69) is 15.5 Å². The second-order valence-electron chi connectivity index (χ2n) is 5.20. The van der Waals surface area contributed by atoms with Crippen molar-refractivity contribution in [3.05, 3.63) is 41.1 Å². The summed E-state index contributed by atoms with van der Waals surface area (Å²) in [7, 11) is 0. The van der Waals surface area contributed by atoms with Gasteiger partial charge in [-0.25, -0.2) is 4.79 Å². The molecule has 3 aromatic rings. The first kappa shape index (κ1) is 15.5. The van der Waals surface area contributed by atoms with Crippen LogP contribution in [-0.2, 0) is 0 Å². The molecule has 0 bridgehead atoms. The third kappa shape index (κ3) is 3.19. The molecule has 7 heteroatoms. The standard InChI is InChI=1S/C16H18N4O2S/c1-4-20(16(21)17-15-19-18-11(3)23-15)10(2)14-9-12-7-5-6-8-13(12)22-14/h5-10H,4H2,1-3H3,(H,17,19,21)/t10-/m0/s1. The zero-order valence-electron chi connectivity index (χ0n) is 13.2. The molecular weight excluding hydrogens is 312 g/mol. The van der Waals surface area contributed by atoms with Crippen molar-refractivity contribution < 1.29 is 9.21 Å². The fourth-order valence-electron chi connectivity index (χ4n) is 2.47. The average molecular weight is 330 g/mol. The van der Waals surface area contributed by atoms with E-state index in [1.54, 1.807) is 4.90 Å². The smallest absolute Gasteiger partial charge is 0.324 e. The summed E-state index contributed by atoms with van der Waals surface area (Å²) in [5.74, 6) is 0.761. The molecule has 0 saturated heterocycles. The lowest BCUT2D eigenvalue weighted by atomic mass is 10.2. The van der Waals surface area contributed by atoms with Crippen molar-refractivity contribution in [2.24, 2.45) is 0 Å². The SMILES string of the molecule is CCN(C(=O)Nc1nnc(C)s1)[C@@H](C)c1cc2ccccc2o1. The number of rotatable bonds is 4. The molecule has 0 radical (unpaired) electrons. The number of nitrogens with zero attached hydrogens (tertiary/aromatic N) is 3. The monoisotopic (exact) mass is 330 g/mol. The van der Waals surface area contributed by atoms with Crippen LogP contribution < -0.4 is 5.32 Å². The molecule has 120 valence electrons. The first-order valence-corrected chi connectivity index (χ1v) is 8.26. The molecule has 6 nitrogen and oxygen atoms in total. The van der Waals surface area contributed by atoms with Crippen molar-refractivity contribution in [1.29, 1.82) is 0 Å². The van der Waals surface area contributed by atoms with Gasteiger partial charge in [0.1, 0.15) is 16.4 Å². The first-order valence-electron chi connectivity index (χ1n) is 7.44. The summed E-state index contributed by atoms with van der Waals surface area (Å²) in [4.78, 5) is 14.2. The lowest BCUT2D eigenvalue weighted by Crippen LogP contribution is -2.36.